The molecule has 0 aliphatic heterocycles. The average molecular weight is 480 g/mol. The van der Waals surface area contributed by atoms with E-state index in [4.69, 9.17) is 19.4 Å². The van der Waals surface area contributed by atoms with Gasteiger partial charge in [0.1, 0.15) is 11.5 Å². The molecule has 0 spiro atoms. The Morgan fingerprint density at radius 3 is 2.35 bits per heavy atom. The molecule has 0 unspecified atom stereocenters. The Bertz CT molecular complexity index is 1470. The highest BCUT2D eigenvalue weighted by Gasteiger charge is 2.15. The van der Waals surface area contributed by atoms with Gasteiger partial charge in [-0.2, -0.15) is 9.50 Å². The summed E-state index contributed by atoms with van der Waals surface area (Å²) < 4.78 is 12.3. The summed E-state index contributed by atoms with van der Waals surface area (Å²) in [5.74, 6) is 0.156. The molecule has 0 fully saturated rings. The first-order chi connectivity index (χ1) is 16.3. The molecule has 2 aromatic heterocycles. The van der Waals surface area contributed by atoms with Crippen molar-refractivity contribution in [1.29, 1.82) is 0 Å². The molecular formula is C24H21N3O6S. The molecule has 0 bridgehead atoms. The zero-order chi connectivity index (χ0) is 24.7. The summed E-state index contributed by atoms with van der Waals surface area (Å²) in [4.78, 5) is 37.9. The fraction of sp³-hybridized carbons (Fsp3) is 0.125. The molecule has 0 radical (unpaired) electrons. The molecule has 4 aromatic rings. The van der Waals surface area contributed by atoms with Crippen LogP contribution in [0.15, 0.2) is 59.4 Å². The van der Waals surface area contributed by atoms with Crippen molar-refractivity contribution in [2.75, 3.05) is 7.11 Å². The van der Waals surface area contributed by atoms with Crippen LogP contribution in [0.25, 0.3) is 28.5 Å². The molecule has 9 nitrogen and oxygen atoms in total. The number of benzene rings is 2. The van der Waals surface area contributed by atoms with Gasteiger partial charge in [0.15, 0.2) is 5.82 Å². The van der Waals surface area contributed by atoms with E-state index in [0.717, 1.165) is 18.2 Å². The smallest absolute Gasteiger partial charge is 0.308 e. The normalized spacial score (nSPS) is 11.3. The summed E-state index contributed by atoms with van der Waals surface area (Å²) in [6, 6.07) is 14.6. The van der Waals surface area contributed by atoms with Crippen LogP contribution in [-0.4, -0.2) is 38.8 Å². The Kier molecular flexibility index (Phi) is 7.88. The molecule has 2 aromatic carbocycles. The van der Waals surface area contributed by atoms with Gasteiger partial charge in [-0.1, -0.05) is 53.8 Å². The number of nitrogens with zero attached hydrogens (tertiary/aromatic N) is 3. The number of fused-ring (bicyclic) bond motifs is 1. The van der Waals surface area contributed by atoms with Gasteiger partial charge in [-0.05, 0) is 24.3 Å². The quantitative estimate of drug-likeness (QED) is 0.343. The van der Waals surface area contributed by atoms with Crippen LogP contribution in [-0.2, 0) is 9.59 Å². The van der Waals surface area contributed by atoms with Crippen molar-refractivity contribution in [2.24, 2.45) is 0 Å². The number of carbonyl (C=O) groups is 2. The predicted octanol–water partition coefficient (Wildman–Crippen LogP) is 3.06. The number of hydrogen-bond acceptors (Lipinski definition) is 8. The van der Waals surface area contributed by atoms with Crippen LogP contribution in [0.5, 0.6) is 11.5 Å². The van der Waals surface area contributed by atoms with Gasteiger partial charge in [-0.15, -0.1) is 5.10 Å². The van der Waals surface area contributed by atoms with Gasteiger partial charge in [0.2, 0.25) is 4.96 Å². The van der Waals surface area contributed by atoms with E-state index in [0.29, 0.717) is 26.6 Å². The topological polar surface area (TPSA) is 120 Å². The highest BCUT2D eigenvalue weighted by molar-refractivity contribution is 7.15. The van der Waals surface area contributed by atoms with Gasteiger partial charge in [0, 0.05) is 19.4 Å². The Morgan fingerprint density at radius 1 is 1.06 bits per heavy atom. The van der Waals surface area contributed by atoms with Crippen LogP contribution < -0.4 is 19.6 Å². The first-order valence-electron chi connectivity index (χ1n) is 9.98. The summed E-state index contributed by atoms with van der Waals surface area (Å²) in [5.41, 5.74) is 1.19. The molecule has 0 aliphatic rings. The largest absolute Gasteiger partial charge is 0.496 e. The SMILES string of the molecule is CC(=O)O.COc1ccccc1C=CC=c1sc2nc(-c3ccccc3OC(C)=O)nn2c1=O. The van der Waals surface area contributed by atoms with Gasteiger partial charge in [0.05, 0.1) is 17.2 Å². The minimum absolute atomic E-state index is 0.261. The first kappa shape index (κ1) is 24.3. The Hall–Kier alpha value is -4.31. The fourth-order valence-corrected chi connectivity index (χ4v) is 3.76. The molecule has 10 heteroatoms. The van der Waals surface area contributed by atoms with Crippen molar-refractivity contribution in [3.63, 3.8) is 0 Å². The Balaban J connectivity index is 0.000000751. The lowest BCUT2D eigenvalue weighted by atomic mass is 10.2. The predicted molar refractivity (Wildman–Crippen MR) is 129 cm³/mol. The minimum Gasteiger partial charge on any atom is -0.496 e. The maximum absolute atomic E-state index is 12.7. The standard InChI is InChI=1S/C22H17N3O4S.C2H4O2/c1-14(26)29-18-12-6-4-10-16(18)20-23-22-25(24-20)21(27)19(30-22)13-7-9-15-8-3-5-11-17(15)28-2;1-2(3)4/h3-13H,1-2H3;1H3,(H,3,4). The number of ether oxygens (including phenoxy) is 2. The van der Waals surface area contributed by atoms with Crippen LogP contribution in [0.3, 0.4) is 0 Å². The molecule has 0 amide bonds. The van der Waals surface area contributed by atoms with Gasteiger partial charge < -0.3 is 14.6 Å². The number of hydrogen-bond donors (Lipinski definition) is 1. The van der Waals surface area contributed by atoms with E-state index in [1.54, 1.807) is 43.5 Å². The van der Waals surface area contributed by atoms with Crippen LogP contribution in [0.2, 0.25) is 0 Å². The van der Waals surface area contributed by atoms with Crippen molar-refractivity contribution in [2.45, 2.75) is 13.8 Å². The molecule has 0 aliphatic carbocycles. The van der Waals surface area contributed by atoms with Crippen molar-refractivity contribution >= 4 is 40.4 Å². The van der Waals surface area contributed by atoms with Crippen LogP contribution in [0, 0.1) is 0 Å². The number of thiazole rings is 1. The van der Waals surface area contributed by atoms with Crippen molar-refractivity contribution in [3.8, 4) is 22.9 Å². The number of rotatable bonds is 5. The third-order valence-corrected chi connectivity index (χ3v) is 5.20. The number of carboxylic acid groups (broad SMARTS) is 1. The highest BCUT2D eigenvalue weighted by Crippen LogP contribution is 2.27. The molecular weight excluding hydrogens is 458 g/mol. The lowest BCUT2D eigenvalue weighted by Gasteiger charge is -2.04. The molecule has 174 valence electrons. The summed E-state index contributed by atoms with van der Waals surface area (Å²) in [7, 11) is 1.61. The number of methoxy groups -OCH3 is 1. The monoisotopic (exact) mass is 479 g/mol. The molecule has 1 N–H and O–H groups in total. The number of aromatic nitrogens is 3. The van der Waals surface area contributed by atoms with Crippen molar-refractivity contribution in [3.05, 3.63) is 75.1 Å². The van der Waals surface area contributed by atoms with Gasteiger partial charge >= 0.3 is 5.97 Å². The number of carboxylic acids is 1. The van der Waals surface area contributed by atoms with E-state index >= 15 is 0 Å². The van der Waals surface area contributed by atoms with Crippen LogP contribution in [0.1, 0.15) is 19.4 Å². The Labute approximate surface area is 198 Å². The zero-order valence-electron chi connectivity index (χ0n) is 18.6. The second-order valence-corrected chi connectivity index (χ2v) is 7.79. The number of allylic oxidation sites excluding steroid dienone is 1. The molecule has 0 atom stereocenters. The number of para-hydroxylation sites is 2. The average Bonchev–Trinajstić information content (AvgIpc) is 3.33. The minimum atomic E-state index is -0.833. The molecule has 4 rings (SSSR count). The summed E-state index contributed by atoms with van der Waals surface area (Å²) >= 11 is 1.24. The van der Waals surface area contributed by atoms with Gasteiger partial charge in [-0.25, -0.2) is 0 Å². The van der Waals surface area contributed by atoms with Gasteiger partial charge in [0.25, 0.3) is 11.5 Å². The van der Waals surface area contributed by atoms with E-state index < -0.39 is 11.9 Å². The van der Waals surface area contributed by atoms with E-state index in [1.807, 2.05) is 30.3 Å². The fourth-order valence-electron chi connectivity index (χ4n) is 2.90. The van der Waals surface area contributed by atoms with E-state index in [9.17, 15) is 9.59 Å². The van der Waals surface area contributed by atoms with Crippen molar-refractivity contribution in [1.82, 2.24) is 14.6 Å². The second-order valence-electron chi connectivity index (χ2n) is 6.78. The lowest BCUT2D eigenvalue weighted by Crippen LogP contribution is -2.23. The van der Waals surface area contributed by atoms with Crippen molar-refractivity contribution < 1.29 is 24.2 Å². The maximum Gasteiger partial charge on any atom is 0.308 e. The van der Waals surface area contributed by atoms with E-state index in [2.05, 4.69) is 10.1 Å². The third kappa shape index (κ3) is 5.93. The maximum atomic E-state index is 12.7. The lowest BCUT2D eigenvalue weighted by molar-refractivity contribution is -0.134. The summed E-state index contributed by atoms with van der Waals surface area (Å²) in [6.45, 7) is 2.41. The summed E-state index contributed by atoms with van der Waals surface area (Å²) in [5, 5.41) is 11.7. The highest BCUT2D eigenvalue weighted by atomic mass is 32.1. The van der Waals surface area contributed by atoms with Crippen LogP contribution in [0.4, 0.5) is 0 Å². The van der Waals surface area contributed by atoms with E-state index in [1.165, 1.54) is 22.8 Å². The van der Waals surface area contributed by atoms with E-state index in [-0.39, 0.29) is 5.56 Å². The first-order valence-corrected chi connectivity index (χ1v) is 10.8. The molecule has 0 saturated carbocycles. The number of carbonyl (C=O) groups excluding carboxylic acids is 1. The molecule has 0 saturated heterocycles. The second kappa shape index (κ2) is 11.0. The molecule has 2 heterocycles. The third-order valence-electron chi connectivity index (χ3n) is 4.23. The number of esters is 1. The number of aliphatic carboxylic acids is 1. The van der Waals surface area contributed by atoms with Gasteiger partial charge in [-0.3, -0.25) is 14.4 Å². The molecule has 34 heavy (non-hydrogen) atoms. The zero-order valence-corrected chi connectivity index (χ0v) is 19.4. The van der Waals surface area contributed by atoms with Crippen LogP contribution >= 0.6 is 11.3 Å². The summed E-state index contributed by atoms with van der Waals surface area (Å²) in [6.07, 6.45) is 5.39. The Morgan fingerprint density at radius 2 is 1.71 bits per heavy atom.